The third kappa shape index (κ3) is 8.18. The molecule has 4 nitrogen and oxygen atoms in total. The minimum atomic E-state index is -0.418. The van der Waals surface area contributed by atoms with Crippen molar-refractivity contribution in [3.8, 4) is 0 Å². The van der Waals surface area contributed by atoms with Crippen molar-refractivity contribution in [2.45, 2.75) is 59.2 Å². The summed E-state index contributed by atoms with van der Waals surface area (Å²) in [7, 11) is 0. The van der Waals surface area contributed by atoms with E-state index in [0.717, 1.165) is 32.5 Å². The van der Waals surface area contributed by atoms with Crippen LogP contribution in [-0.2, 0) is 9.47 Å². The van der Waals surface area contributed by atoms with Crippen molar-refractivity contribution in [3.63, 3.8) is 0 Å². The van der Waals surface area contributed by atoms with E-state index in [0.29, 0.717) is 5.92 Å². The molecule has 108 valence electrons. The molecule has 0 aromatic heterocycles. The zero-order valence-corrected chi connectivity index (χ0v) is 15.4. The first-order chi connectivity index (χ1) is 8.28. The summed E-state index contributed by atoms with van der Waals surface area (Å²) >= 11 is 0. The summed E-state index contributed by atoms with van der Waals surface area (Å²) in [5, 5.41) is 0. The van der Waals surface area contributed by atoms with Crippen molar-refractivity contribution in [2.24, 2.45) is 5.92 Å². The van der Waals surface area contributed by atoms with Crippen LogP contribution in [0.4, 0.5) is 4.79 Å². The number of piperidine rings is 1. The summed E-state index contributed by atoms with van der Waals surface area (Å²) in [6, 6.07) is 0. The first kappa shape index (κ1) is 19.2. The molecule has 0 saturated carbocycles. The van der Waals surface area contributed by atoms with Gasteiger partial charge in [-0.2, -0.15) is 0 Å². The van der Waals surface area contributed by atoms with Crippen molar-refractivity contribution in [3.05, 3.63) is 0 Å². The summed E-state index contributed by atoms with van der Waals surface area (Å²) in [5.41, 5.74) is -0.418. The summed E-state index contributed by atoms with van der Waals surface area (Å²) in [6.07, 6.45) is 2.22. The molecule has 1 fully saturated rings. The number of rotatable bonds is 3. The number of ether oxygens (including phenoxy) is 2. The van der Waals surface area contributed by atoms with Crippen LogP contribution in [0, 0.1) is 5.92 Å². The van der Waals surface area contributed by atoms with E-state index in [1.165, 1.54) is 0 Å². The number of hydrogen-bond acceptors (Lipinski definition) is 3. The molecule has 0 aromatic carbocycles. The van der Waals surface area contributed by atoms with Crippen LogP contribution in [0.5, 0.6) is 0 Å². The molecule has 0 aromatic rings. The number of hydrogen-bond donors (Lipinski definition) is 0. The molecule has 1 aliphatic rings. The van der Waals surface area contributed by atoms with Crippen LogP contribution in [0.2, 0.25) is 0 Å². The van der Waals surface area contributed by atoms with Crippen LogP contribution < -0.4 is 29.6 Å². The molecule has 0 spiro atoms. The van der Waals surface area contributed by atoms with Crippen LogP contribution in [0.1, 0.15) is 48.9 Å². The van der Waals surface area contributed by atoms with Gasteiger partial charge in [0, 0.05) is 19.0 Å². The Bertz CT molecular complexity index is 282. The zero-order valence-electron chi connectivity index (χ0n) is 14.4. The van der Waals surface area contributed by atoms with Gasteiger partial charge in [-0.3, -0.25) is 0 Å². The van der Waals surface area contributed by atoms with Crippen molar-refractivity contribution < 1.29 is 45.3 Å². The number of nitrogens with zero attached hydrogens (tertiary/aromatic N) is 1. The number of likely N-dealkylation sites (tertiary alicyclic amines) is 1. The van der Waals surface area contributed by atoms with E-state index in [9.17, 15) is 4.79 Å². The second-order valence-corrected chi connectivity index (χ2v) is 6.32. The Hall–Kier alpha value is 0.230. The van der Waals surface area contributed by atoms with E-state index < -0.39 is 5.60 Å². The molecule has 1 saturated heterocycles. The van der Waals surface area contributed by atoms with E-state index in [1.807, 2.05) is 39.5 Å². The molecule has 1 atom stereocenters. The Morgan fingerprint density at radius 1 is 1.42 bits per heavy atom. The molecule has 1 aliphatic heterocycles. The van der Waals surface area contributed by atoms with Crippen LogP contribution in [0.3, 0.4) is 0 Å². The molecule has 0 N–H and O–H groups in total. The van der Waals surface area contributed by atoms with Crippen LogP contribution >= 0.6 is 0 Å². The fraction of sp³-hybridized carbons (Fsp3) is 0.929. The maximum atomic E-state index is 12.0. The van der Waals surface area contributed by atoms with Gasteiger partial charge in [0.25, 0.3) is 0 Å². The van der Waals surface area contributed by atoms with Gasteiger partial charge in [0.05, 0.1) is 12.7 Å². The Labute approximate surface area is 141 Å². The summed E-state index contributed by atoms with van der Waals surface area (Å²) < 4.78 is 11.0. The standard InChI is InChI=1S/C14H27NO3.Na.H/c1-11(2)17-10-12-7-6-8-15(9-12)13(16)18-14(3,4)5;;/h11-12H,6-10H2,1-5H3;;/q;+1;-1. The van der Waals surface area contributed by atoms with Gasteiger partial charge >= 0.3 is 35.7 Å². The van der Waals surface area contributed by atoms with Crippen molar-refractivity contribution in [1.29, 1.82) is 0 Å². The fourth-order valence-electron chi connectivity index (χ4n) is 2.02. The molecule has 1 amide bonds. The first-order valence-corrected chi connectivity index (χ1v) is 6.87. The summed E-state index contributed by atoms with van der Waals surface area (Å²) in [4.78, 5) is 13.8. The SMILES string of the molecule is CC(C)OCC1CCCN(C(=O)OC(C)(C)C)C1.[H-].[Na+]. The molecule has 5 heteroatoms. The quantitative estimate of drug-likeness (QED) is 0.693. The smallest absolute Gasteiger partial charge is 1.00 e. The predicted octanol–water partition coefficient (Wildman–Crippen LogP) is 0.175. The Balaban J connectivity index is 0. The van der Waals surface area contributed by atoms with Gasteiger partial charge in [-0.25, -0.2) is 4.79 Å². The molecule has 19 heavy (non-hydrogen) atoms. The topological polar surface area (TPSA) is 38.8 Å². The van der Waals surface area contributed by atoms with E-state index >= 15 is 0 Å². The normalized spacial score (nSPS) is 20.1. The van der Waals surface area contributed by atoms with Crippen molar-refractivity contribution in [1.82, 2.24) is 4.90 Å². The number of amides is 1. The van der Waals surface area contributed by atoms with Gasteiger partial charge in [-0.15, -0.1) is 0 Å². The van der Waals surface area contributed by atoms with Crippen LogP contribution in [-0.4, -0.2) is 42.4 Å². The zero-order chi connectivity index (χ0) is 13.8. The first-order valence-electron chi connectivity index (χ1n) is 6.87. The minimum absolute atomic E-state index is 0. The molecular weight excluding hydrogens is 253 g/mol. The van der Waals surface area contributed by atoms with Gasteiger partial charge in [0.15, 0.2) is 0 Å². The van der Waals surface area contributed by atoms with Crippen molar-refractivity contribution in [2.75, 3.05) is 19.7 Å². The van der Waals surface area contributed by atoms with Gasteiger partial charge in [-0.05, 0) is 47.5 Å². The number of carbonyl (C=O) groups excluding carboxylic acids is 1. The average molecular weight is 281 g/mol. The number of carbonyl (C=O) groups is 1. The third-order valence-electron chi connectivity index (χ3n) is 2.84. The van der Waals surface area contributed by atoms with Gasteiger partial charge in [-0.1, -0.05) is 0 Å². The monoisotopic (exact) mass is 281 g/mol. The summed E-state index contributed by atoms with van der Waals surface area (Å²) in [6.45, 7) is 12.0. The molecule has 1 heterocycles. The van der Waals surface area contributed by atoms with E-state index in [2.05, 4.69) is 0 Å². The molecular formula is C14H28NNaO3. The Morgan fingerprint density at radius 3 is 2.58 bits per heavy atom. The Kier molecular flexibility index (Phi) is 8.60. The molecule has 0 aliphatic carbocycles. The van der Waals surface area contributed by atoms with Gasteiger partial charge in [0.2, 0.25) is 0 Å². The maximum absolute atomic E-state index is 12.0. The van der Waals surface area contributed by atoms with Crippen LogP contribution in [0.25, 0.3) is 0 Å². The van der Waals surface area contributed by atoms with E-state index in [1.54, 1.807) is 0 Å². The second kappa shape index (κ2) is 8.50. The van der Waals surface area contributed by atoms with Crippen molar-refractivity contribution >= 4 is 6.09 Å². The largest absolute Gasteiger partial charge is 1.00 e. The molecule has 0 bridgehead atoms. The third-order valence-corrected chi connectivity index (χ3v) is 2.84. The average Bonchev–Trinajstić information content (AvgIpc) is 2.24. The second-order valence-electron chi connectivity index (χ2n) is 6.32. The predicted molar refractivity (Wildman–Crippen MR) is 72.7 cm³/mol. The molecule has 1 rings (SSSR count). The van der Waals surface area contributed by atoms with E-state index in [-0.39, 0.29) is 43.2 Å². The van der Waals surface area contributed by atoms with Crippen LogP contribution in [0.15, 0.2) is 0 Å². The van der Waals surface area contributed by atoms with E-state index in [4.69, 9.17) is 9.47 Å². The minimum Gasteiger partial charge on any atom is -1.00 e. The van der Waals surface area contributed by atoms with Gasteiger partial charge in [0.1, 0.15) is 5.60 Å². The Morgan fingerprint density at radius 2 is 2.05 bits per heavy atom. The maximum Gasteiger partial charge on any atom is 1.00 e. The molecule has 1 unspecified atom stereocenters. The fourth-order valence-corrected chi connectivity index (χ4v) is 2.02. The van der Waals surface area contributed by atoms with Gasteiger partial charge < -0.3 is 15.8 Å². The molecule has 0 radical (unpaired) electrons. The summed E-state index contributed by atoms with van der Waals surface area (Å²) in [5.74, 6) is 0.439.